The van der Waals surface area contributed by atoms with Crippen LogP contribution >= 0.6 is 0 Å². The molecular formula is C23H37N3O3. The van der Waals surface area contributed by atoms with Crippen LogP contribution in [0.25, 0.3) is 0 Å². The van der Waals surface area contributed by atoms with Crippen LogP contribution in [0, 0.1) is 5.92 Å². The van der Waals surface area contributed by atoms with Crippen LogP contribution < -0.4 is 10.2 Å². The molecule has 1 atom stereocenters. The number of hydrogen-bond donors (Lipinski definition) is 2. The van der Waals surface area contributed by atoms with E-state index in [9.17, 15) is 14.7 Å². The van der Waals surface area contributed by atoms with Crippen LogP contribution in [0.3, 0.4) is 0 Å². The highest BCUT2D eigenvalue weighted by Gasteiger charge is 2.20. The van der Waals surface area contributed by atoms with Gasteiger partial charge in [0, 0.05) is 25.7 Å². The number of nitrogens with one attached hydrogen (secondary N) is 1. The predicted molar refractivity (Wildman–Crippen MR) is 117 cm³/mol. The summed E-state index contributed by atoms with van der Waals surface area (Å²) in [6, 6.07) is 7.78. The first kappa shape index (κ1) is 23.4. The molecule has 2 rings (SSSR count). The minimum Gasteiger partial charge on any atom is -0.394 e. The third-order valence-electron chi connectivity index (χ3n) is 5.63. The molecule has 29 heavy (non-hydrogen) atoms. The van der Waals surface area contributed by atoms with Crippen LogP contribution in [-0.2, 0) is 16.1 Å². The molecule has 0 spiro atoms. The number of nitrogens with zero attached hydrogens (tertiary/aromatic N) is 2. The molecule has 2 N–H and O–H groups in total. The molecule has 6 heteroatoms. The minimum absolute atomic E-state index is 0.0557. The van der Waals surface area contributed by atoms with Crippen molar-refractivity contribution in [2.24, 2.45) is 5.92 Å². The van der Waals surface area contributed by atoms with Crippen molar-refractivity contribution in [1.29, 1.82) is 0 Å². The fraction of sp³-hybridized carbons (Fsp3) is 0.652. The molecule has 0 bridgehead atoms. The summed E-state index contributed by atoms with van der Waals surface area (Å²) < 4.78 is 0. The van der Waals surface area contributed by atoms with Crippen LogP contribution in [-0.4, -0.2) is 54.1 Å². The summed E-state index contributed by atoms with van der Waals surface area (Å²) in [6.07, 6.45) is 5.45. The Morgan fingerprint density at radius 3 is 2.38 bits per heavy atom. The Bertz CT molecular complexity index is 663. The highest BCUT2D eigenvalue weighted by molar-refractivity contribution is 5.92. The molecule has 1 aromatic carbocycles. The number of anilines is 1. The second-order valence-electron chi connectivity index (χ2n) is 8.38. The number of amides is 2. The Balaban J connectivity index is 2.19. The predicted octanol–water partition coefficient (Wildman–Crippen LogP) is 2.94. The van der Waals surface area contributed by atoms with Crippen molar-refractivity contribution in [2.75, 3.05) is 31.1 Å². The molecule has 162 valence electrons. The topological polar surface area (TPSA) is 72.9 Å². The van der Waals surface area contributed by atoms with E-state index in [0.29, 0.717) is 6.54 Å². The van der Waals surface area contributed by atoms with Crippen molar-refractivity contribution >= 4 is 17.5 Å². The van der Waals surface area contributed by atoms with E-state index < -0.39 is 0 Å². The number of hydrogen-bond acceptors (Lipinski definition) is 4. The van der Waals surface area contributed by atoms with Crippen LogP contribution in [0.1, 0.15) is 58.4 Å². The molecule has 0 aromatic heterocycles. The molecule has 1 aromatic rings. The third-order valence-corrected chi connectivity index (χ3v) is 5.63. The molecule has 0 radical (unpaired) electrons. The van der Waals surface area contributed by atoms with E-state index in [1.165, 1.54) is 0 Å². The van der Waals surface area contributed by atoms with Crippen LogP contribution in [0.4, 0.5) is 5.69 Å². The van der Waals surface area contributed by atoms with Gasteiger partial charge in [-0.3, -0.25) is 14.5 Å². The zero-order chi connectivity index (χ0) is 21.2. The van der Waals surface area contributed by atoms with E-state index in [-0.39, 0.29) is 36.9 Å². The summed E-state index contributed by atoms with van der Waals surface area (Å²) in [6.45, 7) is 8.03. The zero-order valence-electron chi connectivity index (χ0n) is 18.2. The van der Waals surface area contributed by atoms with Gasteiger partial charge in [-0.25, -0.2) is 0 Å². The van der Waals surface area contributed by atoms with E-state index in [1.807, 2.05) is 43.0 Å². The van der Waals surface area contributed by atoms with E-state index in [0.717, 1.165) is 56.4 Å². The van der Waals surface area contributed by atoms with Crippen molar-refractivity contribution in [2.45, 2.75) is 65.5 Å². The lowest BCUT2D eigenvalue weighted by Crippen LogP contribution is -2.46. The fourth-order valence-electron chi connectivity index (χ4n) is 3.82. The van der Waals surface area contributed by atoms with Gasteiger partial charge in [0.05, 0.1) is 19.2 Å². The van der Waals surface area contributed by atoms with Gasteiger partial charge >= 0.3 is 0 Å². The first-order valence-corrected chi connectivity index (χ1v) is 10.9. The van der Waals surface area contributed by atoms with Gasteiger partial charge in [-0.2, -0.15) is 0 Å². The van der Waals surface area contributed by atoms with E-state index in [4.69, 9.17) is 0 Å². The number of rotatable bonds is 5. The van der Waals surface area contributed by atoms with Gasteiger partial charge in [0.25, 0.3) is 0 Å². The standard InChI is InChI=1S/C23H37N3O3/c1-18(2)21(17-27)24-23(29)16-25-13-9-5-4-6-10-14-26(19(3)28)22-12-8-7-11-20(22)15-25/h7-8,11-12,18,21,27H,4-6,9-10,13-17H2,1-3H3,(H,24,29)/t21-/m1/s1. The van der Waals surface area contributed by atoms with Gasteiger partial charge in [0.1, 0.15) is 0 Å². The first-order valence-electron chi connectivity index (χ1n) is 10.9. The van der Waals surface area contributed by atoms with Crippen molar-refractivity contribution in [3.05, 3.63) is 29.8 Å². The maximum atomic E-state index is 12.6. The maximum absolute atomic E-state index is 12.6. The Morgan fingerprint density at radius 2 is 1.72 bits per heavy atom. The molecule has 0 saturated carbocycles. The Morgan fingerprint density at radius 1 is 1.07 bits per heavy atom. The molecule has 1 heterocycles. The molecule has 0 unspecified atom stereocenters. The van der Waals surface area contributed by atoms with Crippen molar-refractivity contribution in [3.8, 4) is 0 Å². The monoisotopic (exact) mass is 403 g/mol. The Kier molecular flexibility index (Phi) is 9.61. The van der Waals surface area contributed by atoms with Gasteiger partial charge in [0.2, 0.25) is 11.8 Å². The number of para-hydroxylation sites is 1. The van der Waals surface area contributed by atoms with Gasteiger partial charge in [-0.05, 0) is 36.9 Å². The lowest BCUT2D eigenvalue weighted by molar-refractivity contribution is -0.123. The number of benzene rings is 1. The normalized spacial score (nSPS) is 17.8. The Hall–Kier alpha value is -1.92. The number of aliphatic hydroxyl groups excluding tert-OH is 1. The number of aliphatic hydroxyl groups is 1. The Labute approximate surface area is 175 Å². The van der Waals surface area contributed by atoms with Crippen molar-refractivity contribution < 1.29 is 14.7 Å². The van der Waals surface area contributed by atoms with Gasteiger partial charge in [-0.1, -0.05) is 51.3 Å². The number of carbonyl (C=O) groups is 2. The first-order chi connectivity index (χ1) is 13.9. The number of carbonyl (C=O) groups excluding carboxylic acids is 2. The largest absolute Gasteiger partial charge is 0.394 e. The molecule has 0 saturated heterocycles. The molecule has 1 aliphatic rings. The molecule has 1 aliphatic heterocycles. The zero-order valence-corrected chi connectivity index (χ0v) is 18.2. The summed E-state index contributed by atoms with van der Waals surface area (Å²) in [7, 11) is 0. The van der Waals surface area contributed by atoms with E-state index in [2.05, 4.69) is 10.2 Å². The van der Waals surface area contributed by atoms with Gasteiger partial charge in [0.15, 0.2) is 0 Å². The summed E-state index contributed by atoms with van der Waals surface area (Å²) in [5.41, 5.74) is 2.01. The molecule has 6 nitrogen and oxygen atoms in total. The molecule has 0 aliphatic carbocycles. The molecule has 2 amide bonds. The van der Waals surface area contributed by atoms with E-state index >= 15 is 0 Å². The number of fused-ring (bicyclic) bond motifs is 1. The smallest absolute Gasteiger partial charge is 0.234 e. The average Bonchev–Trinajstić information content (AvgIpc) is 2.67. The summed E-state index contributed by atoms with van der Waals surface area (Å²) in [5.74, 6) is 0.174. The fourth-order valence-corrected chi connectivity index (χ4v) is 3.82. The maximum Gasteiger partial charge on any atom is 0.234 e. The molecule has 0 fully saturated rings. The van der Waals surface area contributed by atoms with E-state index in [1.54, 1.807) is 6.92 Å². The van der Waals surface area contributed by atoms with Crippen LogP contribution in [0.2, 0.25) is 0 Å². The summed E-state index contributed by atoms with van der Waals surface area (Å²) in [4.78, 5) is 28.9. The highest BCUT2D eigenvalue weighted by Crippen LogP contribution is 2.24. The summed E-state index contributed by atoms with van der Waals surface area (Å²) in [5, 5.41) is 12.5. The second kappa shape index (κ2) is 11.9. The average molecular weight is 404 g/mol. The summed E-state index contributed by atoms with van der Waals surface area (Å²) >= 11 is 0. The quantitative estimate of drug-likeness (QED) is 0.793. The SMILES string of the molecule is CC(=O)N1CCCCCCCN(CC(=O)N[C@H](CO)C(C)C)Cc2ccccc21. The molecular weight excluding hydrogens is 366 g/mol. The van der Waals surface area contributed by atoms with Crippen molar-refractivity contribution in [1.82, 2.24) is 10.2 Å². The van der Waals surface area contributed by atoms with Gasteiger partial charge < -0.3 is 15.3 Å². The van der Waals surface area contributed by atoms with Gasteiger partial charge in [-0.15, -0.1) is 0 Å². The van der Waals surface area contributed by atoms with Crippen LogP contribution in [0.15, 0.2) is 24.3 Å². The minimum atomic E-state index is -0.226. The third kappa shape index (κ3) is 7.44. The van der Waals surface area contributed by atoms with Crippen molar-refractivity contribution in [3.63, 3.8) is 0 Å². The lowest BCUT2D eigenvalue weighted by atomic mass is 10.1. The highest BCUT2D eigenvalue weighted by atomic mass is 16.3. The van der Waals surface area contributed by atoms with Crippen LogP contribution in [0.5, 0.6) is 0 Å². The second-order valence-corrected chi connectivity index (χ2v) is 8.38. The lowest BCUT2D eigenvalue weighted by Gasteiger charge is -2.29.